The van der Waals surface area contributed by atoms with E-state index in [0.717, 1.165) is 26.1 Å². The Labute approximate surface area is 145 Å². The Bertz CT molecular complexity index is 776. The van der Waals surface area contributed by atoms with E-state index in [1.165, 1.54) is 0 Å². The summed E-state index contributed by atoms with van der Waals surface area (Å²) >= 11 is 0. The van der Waals surface area contributed by atoms with Gasteiger partial charge in [0.2, 0.25) is 18.6 Å². The number of aromatic nitrogens is 2. The summed E-state index contributed by atoms with van der Waals surface area (Å²) in [6.45, 7) is 5.68. The lowest BCUT2D eigenvalue weighted by Crippen LogP contribution is -2.35. The van der Waals surface area contributed by atoms with E-state index >= 15 is 0 Å². The fraction of sp³-hybridized carbons (Fsp3) is 0.471. The normalized spacial score (nSPS) is 17.6. The highest BCUT2D eigenvalue weighted by molar-refractivity contribution is 5.95. The molecular formula is C17H20N4O4. The lowest BCUT2D eigenvalue weighted by Gasteiger charge is -2.21. The number of hydrogen-bond donors (Lipinski definition) is 0. The van der Waals surface area contributed by atoms with Crippen molar-refractivity contribution in [3.05, 3.63) is 35.5 Å². The molecule has 8 heteroatoms. The van der Waals surface area contributed by atoms with Crippen LogP contribution in [0.1, 0.15) is 28.6 Å². The Morgan fingerprint density at radius 3 is 2.84 bits per heavy atom. The molecule has 0 atom stereocenters. The van der Waals surface area contributed by atoms with Crippen molar-refractivity contribution in [1.82, 2.24) is 20.0 Å². The van der Waals surface area contributed by atoms with Gasteiger partial charge in [-0.3, -0.25) is 9.69 Å². The van der Waals surface area contributed by atoms with Crippen LogP contribution in [-0.4, -0.2) is 58.9 Å². The lowest BCUT2D eigenvalue weighted by molar-refractivity contribution is 0.0760. The van der Waals surface area contributed by atoms with Gasteiger partial charge in [-0.2, -0.15) is 0 Å². The van der Waals surface area contributed by atoms with Crippen molar-refractivity contribution in [2.45, 2.75) is 19.9 Å². The summed E-state index contributed by atoms with van der Waals surface area (Å²) < 4.78 is 16.1. The fourth-order valence-electron chi connectivity index (χ4n) is 3.14. The van der Waals surface area contributed by atoms with Gasteiger partial charge >= 0.3 is 0 Å². The van der Waals surface area contributed by atoms with Crippen LogP contribution in [-0.2, 0) is 6.54 Å². The zero-order chi connectivity index (χ0) is 17.2. The molecule has 1 saturated heterocycles. The summed E-state index contributed by atoms with van der Waals surface area (Å²) in [6.07, 6.45) is 0.906. The maximum absolute atomic E-state index is 12.8. The van der Waals surface area contributed by atoms with Crippen molar-refractivity contribution >= 4 is 5.91 Å². The minimum Gasteiger partial charge on any atom is -0.454 e. The van der Waals surface area contributed by atoms with E-state index in [1.54, 1.807) is 25.1 Å². The van der Waals surface area contributed by atoms with Crippen molar-refractivity contribution in [3.63, 3.8) is 0 Å². The fourth-order valence-corrected chi connectivity index (χ4v) is 3.14. The van der Waals surface area contributed by atoms with Crippen molar-refractivity contribution in [1.29, 1.82) is 0 Å². The van der Waals surface area contributed by atoms with Gasteiger partial charge in [0.05, 0.1) is 6.54 Å². The average molecular weight is 344 g/mol. The van der Waals surface area contributed by atoms with Gasteiger partial charge in [0.1, 0.15) is 0 Å². The SMILES string of the molecule is Cc1nnc(CN2CCCN(C(=O)c3ccc4c(c3)OCO4)CC2)o1. The van der Waals surface area contributed by atoms with E-state index in [9.17, 15) is 4.79 Å². The van der Waals surface area contributed by atoms with Gasteiger partial charge in [0.15, 0.2) is 11.5 Å². The van der Waals surface area contributed by atoms with Crippen LogP contribution in [0.3, 0.4) is 0 Å². The second kappa shape index (κ2) is 6.72. The van der Waals surface area contributed by atoms with Crippen molar-refractivity contribution in [2.75, 3.05) is 33.0 Å². The van der Waals surface area contributed by atoms with Gasteiger partial charge < -0.3 is 18.8 Å². The average Bonchev–Trinajstić information content (AvgIpc) is 3.17. The molecular weight excluding hydrogens is 324 g/mol. The third-order valence-corrected chi connectivity index (χ3v) is 4.42. The molecule has 0 bridgehead atoms. The molecule has 0 unspecified atom stereocenters. The van der Waals surface area contributed by atoms with Crippen LogP contribution in [0.25, 0.3) is 0 Å². The second-order valence-electron chi connectivity index (χ2n) is 6.20. The van der Waals surface area contributed by atoms with Crippen molar-refractivity contribution in [2.24, 2.45) is 0 Å². The van der Waals surface area contributed by atoms with Crippen molar-refractivity contribution < 1.29 is 18.7 Å². The van der Waals surface area contributed by atoms with E-state index in [0.29, 0.717) is 41.9 Å². The molecule has 0 aliphatic carbocycles. The lowest BCUT2D eigenvalue weighted by atomic mass is 10.1. The molecule has 2 aliphatic rings. The third kappa shape index (κ3) is 3.43. The smallest absolute Gasteiger partial charge is 0.254 e. The first-order chi connectivity index (χ1) is 12.2. The number of hydrogen-bond acceptors (Lipinski definition) is 7. The molecule has 8 nitrogen and oxygen atoms in total. The monoisotopic (exact) mass is 344 g/mol. The quantitative estimate of drug-likeness (QED) is 0.834. The Hall–Kier alpha value is -2.61. The van der Waals surface area contributed by atoms with Gasteiger partial charge in [0, 0.05) is 38.7 Å². The second-order valence-corrected chi connectivity index (χ2v) is 6.20. The highest BCUT2D eigenvalue weighted by Gasteiger charge is 2.23. The van der Waals surface area contributed by atoms with Crippen LogP contribution < -0.4 is 9.47 Å². The van der Waals surface area contributed by atoms with Crippen molar-refractivity contribution in [3.8, 4) is 11.5 Å². The van der Waals surface area contributed by atoms with Crippen LogP contribution in [0.15, 0.2) is 22.6 Å². The molecule has 2 aromatic rings. The first-order valence-electron chi connectivity index (χ1n) is 8.39. The molecule has 1 fully saturated rings. The largest absolute Gasteiger partial charge is 0.454 e. The van der Waals surface area contributed by atoms with Gasteiger partial charge in [-0.15, -0.1) is 10.2 Å². The van der Waals surface area contributed by atoms with Crippen LogP contribution in [0.5, 0.6) is 11.5 Å². The minimum absolute atomic E-state index is 0.0220. The first-order valence-corrected chi connectivity index (χ1v) is 8.39. The van der Waals surface area contributed by atoms with Gasteiger partial charge in [-0.25, -0.2) is 0 Å². The van der Waals surface area contributed by atoms with Crippen LogP contribution >= 0.6 is 0 Å². The summed E-state index contributed by atoms with van der Waals surface area (Å²) in [5, 5.41) is 7.90. The maximum atomic E-state index is 12.8. The first kappa shape index (κ1) is 15.9. The number of aryl methyl sites for hydroxylation is 1. The number of fused-ring (bicyclic) bond motifs is 1. The van der Waals surface area contributed by atoms with Gasteiger partial charge in [-0.1, -0.05) is 0 Å². The van der Waals surface area contributed by atoms with E-state index in [4.69, 9.17) is 13.9 Å². The zero-order valence-electron chi connectivity index (χ0n) is 14.1. The van der Waals surface area contributed by atoms with E-state index in [2.05, 4.69) is 15.1 Å². The van der Waals surface area contributed by atoms with Crippen LogP contribution in [0, 0.1) is 6.92 Å². The topological polar surface area (TPSA) is 80.9 Å². The van der Waals surface area contributed by atoms with E-state index in [-0.39, 0.29) is 12.7 Å². The number of nitrogens with zero attached hydrogens (tertiary/aromatic N) is 4. The Balaban J connectivity index is 1.39. The molecule has 0 N–H and O–H groups in total. The Morgan fingerprint density at radius 1 is 1.12 bits per heavy atom. The summed E-state index contributed by atoms with van der Waals surface area (Å²) in [6, 6.07) is 5.34. The number of rotatable bonds is 3. The number of benzene rings is 1. The third-order valence-electron chi connectivity index (χ3n) is 4.42. The molecule has 25 heavy (non-hydrogen) atoms. The minimum atomic E-state index is 0.0220. The van der Waals surface area contributed by atoms with Crippen LogP contribution in [0.4, 0.5) is 0 Å². The molecule has 1 aromatic carbocycles. The highest BCUT2D eigenvalue weighted by Crippen LogP contribution is 2.32. The molecule has 4 rings (SSSR count). The number of amides is 1. The number of ether oxygens (including phenoxy) is 2. The van der Waals surface area contributed by atoms with E-state index in [1.807, 2.05) is 4.90 Å². The van der Waals surface area contributed by atoms with Gasteiger partial charge in [0.25, 0.3) is 5.91 Å². The standard InChI is InChI=1S/C17H20N4O4/c1-12-18-19-16(25-12)10-20-5-2-6-21(8-7-20)17(22)13-3-4-14-15(9-13)24-11-23-14/h3-4,9H,2,5-8,10-11H2,1H3. The molecule has 3 heterocycles. The van der Waals surface area contributed by atoms with Gasteiger partial charge in [-0.05, 0) is 24.6 Å². The number of carbonyl (C=O) groups excluding carboxylic acids is 1. The molecule has 0 spiro atoms. The predicted octanol–water partition coefficient (Wildman–Crippen LogP) is 1.45. The maximum Gasteiger partial charge on any atom is 0.254 e. The molecule has 1 amide bonds. The highest BCUT2D eigenvalue weighted by atomic mass is 16.7. The summed E-state index contributed by atoms with van der Waals surface area (Å²) in [7, 11) is 0. The molecule has 1 aromatic heterocycles. The summed E-state index contributed by atoms with van der Waals surface area (Å²) in [5.41, 5.74) is 0.630. The zero-order valence-corrected chi connectivity index (χ0v) is 14.1. The molecule has 0 saturated carbocycles. The van der Waals surface area contributed by atoms with E-state index < -0.39 is 0 Å². The Kier molecular flexibility index (Phi) is 4.27. The molecule has 0 radical (unpaired) electrons. The predicted molar refractivity (Wildman–Crippen MR) is 87.4 cm³/mol. The summed E-state index contributed by atoms with van der Waals surface area (Å²) in [5.74, 6) is 2.54. The van der Waals surface area contributed by atoms with Crippen LogP contribution in [0.2, 0.25) is 0 Å². The molecule has 2 aliphatic heterocycles. The Morgan fingerprint density at radius 2 is 2.00 bits per heavy atom. The number of carbonyl (C=O) groups is 1. The summed E-state index contributed by atoms with van der Waals surface area (Å²) in [4.78, 5) is 16.9. The molecule has 132 valence electrons.